The molecule has 5 heteroatoms. The fourth-order valence-electron chi connectivity index (χ4n) is 3.48. The first kappa shape index (κ1) is 17.8. The topological polar surface area (TPSA) is 61.6 Å². The van der Waals surface area contributed by atoms with Gasteiger partial charge in [-0.15, -0.1) is 0 Å². The fraction of sp³-hybridized carbons (Fsp3) is 0.130. The van der Waals surface area contributed by atoms with Crippen LogP contribution in [0.15, 0.2) is 66.7 Å². The highest BCUT2D eigenvalue weighted by atomic mass is 16.6. The Balaban J connectivity index is 1.94. The number of aryl methyl sites for hydroxylation is 1. The first-order chi connectivity index (χ1) is 13.6. The van der Waals surface area contributed by atoms with E-state index in [4.69, 9.17) is 9.47 Å². The number of fused-ring (bicyclic) bond motifs is 1. The number of hydrogen-bond acceptors (Lipinski definition) is 4. The lowest BCUT2D eigenvalue weighted by Gasteiger charge is -2.25. The average molecular weight is 373 g/mol. The van der Waals surface area contributed by atoms with Crippen molar-refractivity contribution in [2.45, 2.75) is 6.92 Å². The second-order valence-electron chi connectivity index (χ2n) is 6.68. The third kappa shape index (κ3) is 3.22. The number of nitrogens with zero attached hydrogens (tertiary/aromatic N) is 1. The molecule has 0 aromatic heterocycles. The zero-order valence-corrected chi connectivity index (χ0v) is 15.6. The summed E-state index contributed by atoms with van der Waals surface area (Å²) in [5.74, 6) is 1.46. The van der Waals surface area contributed by atoms with Crippen LogP contribution in [0.5, 0.6) is 11.5 Å². The molecule has 0 spiro atoms. The first-order valence-corrected chi connectivity index (χ1v) is 8.93. The van der Waals surface area contributed by atoms with Crippen LogP contribution in [0.25, 0.3) is 11.1 Å². The van der Waals surface area contributed by atoms with Crippen LogP contribution in [0.1, 0.15) is 22.3 Å². The summed E-state index contributed by atoms with van der Waals surface area (Å²) >= 11 is 0. The van der Waals surface area contributed by atoms with Crippen LogP contribution in [-0.4, -0.2) is 18.6 Å². The zero-order chi connectivity index (χ0) is 19.7. The molecule has 5 nitrogen and oxygen atoms in total. The minimum absolute atomic E-state index is 0.0727. The SMILES string of the molecule is COc1ccc2c(c1)OCC(c1cccc(C)c1)=C2c1ccc([N+](=O)[O-])cc1. The highest BCUT2D eigenvalue weighted by Gasteiger charge is 2.24. The van der Waals surface area contributed by atoms with Gasteiger partial charge in [-0.05, 0) is 47.9 Å². The normalized spacial score (nSPS) is 12.9. The molecule has 28 heavy (non-hydrogen) atoms. The molecule has 0 aliphatic carbocycles. The second kappa shape index (κ2) is 7.19. The van der Waals surface area contributed by atoms with Gasteiger partial charge in [-0.1, -0.05) is 29.8 Å². The maximum atomic E-state index is 11.0. The van der Waals surface area contributed by atoms with Gasteiger partial charge in [0.1, 0.15) is 18.1 Å². The summed E-state index contributed by atoms with van der Waals surface area (Å²) in [5.41, 5.74) is 6.24. The lowest BCUT2D eigenvalue weighted by atomic mass is 9.87. The molecule has 3 aromatic carbocycles. The molecule has 1 heterocycles. The van der Waals surface area contributed by atoms with E-state index in [-0.39, 0.29) is 10.6 Å². The van der Waals surface area contributed by atoms with Crippen LogP contribution >= 0.6 is 0 Å². The summed E-state index contributed by atoms with van der Waals surface area (Å²) in [6.07, 6.45) is 0. The molecule has 140 valence electrons. The summed E-state index contributed by atoms with van der Waals surface area (Å²) in [4.78, 5) is 10.7. The van der Waals surface area contributed by atoms with E-state index in [2.05, 4.69) is 25.1 Å². The molecule has 3 aromatic rings. The van der Waals surface area contributed by atoms with Crippen LogP contribution in [0.2, 0.25) is 0 Å². The van der Waals surface area contributed by atoms with Crippen molar-refractivity contribution in [3.63, 3.8) is 0 Å². The van der Waals surface area contributed by atoms with Gasteiger partial charge in [0.05, 0.1) is 12.0 Å². The average Bonchev–Trinajstić information content (AvgIpc) is 2.72. The van der Waals surface area contributed by atoms with Crippen molar-refractivity contribution in [1.29, 1.82) is 0 Å². The largest absolute Gasteiger partial charge is 0.497 e. The van der Waals surface area contributed by atoms with Gasteiger partial charge in [0, 0.05) is 29.3 Å². The fourth-order valence-corrected chi connectivity index (χ4v) is 3.48. The molecule has 0 radical (unpaired) electrons. The number of hydrogen-bond donors (Lipinski definition) is 0. The molecule has 0 bridgehead atoms. The summed E-state index contributed by atoms with van der Waals surface area (Å²) < 4.78 is 11.4. The van der Waals surface area contributed by atoms with Crippen molar-refractivity contribution >= 4 is 16.8 Å². The third-order valence-corrected chi connectivity index (χ3v) is 4.87. The molecular formula is C23H19NO4. The maximum absolute atomic E-state index is 11.0. The molecular weight excluding hydrogens is 354 g/mol. The predicted molar refractivity (Wildman–Crippen MR) is 109 cm³/mol. The quantitative estimate of drug-likeness (QED) is 0.462. The Kier molecular flexibility index (Phi) is 4.57. The van der Waals surface area contributed by atoms with Crippen LogP contribution in [-0.2, 0) is 0 Å². The summed E-state index contributed by atoms with van der Waals surface area (Å²) in [6.45, 7) is 2.47. The van der Waals surface area contributed by atoms with E-state index in [1.165, 1.54) is 12.1 Å². The van der Waals surface area contributed by atoms with Gasteiger partial charge in [-0.2, -0.15) is 0 Å². The number of non-ortho nitro benzene ring substituents is 1. The summed E-state index contributed by atoms with van der Waals surface area (Å²) in [5, 5.41) is 11.0. The zero-order valence-electron chi connectivity index (χ0n) is 15.6. The van der Waals surface area contributed by atoms with Gasteiger partial charge in [0.2, 0.25) is 0 Å². The Bertz CT molecular complexity index is 1080. The molecule has 1 aliphatic rings. The van der Waals surface area contributed by atoms with Gasteiger partial charge in [-0.25, -0.2) is 0 Å². The van der Waals surface area contributed by atoms with E-state index >= 15 is 0 Å². The maximum Gasteiger partial charge on any atom is 0.269 e. The molecule has 0 fully saturated rings. The smallest absolute Gasteiger partial charge is 0.269 e. The predicted octanol–water partition coefficient (Wildman–Crippen LogP) is 5.26. The molecule has 0 amide bonds. The van der Waals surface area contributed by atoms with E-state index in [0.29, 0.717) is 6.61 Å². The molecule has 0 saturated carbocycles. The van der Waals surface area contributed by atoms with Crippen molar-refractivity contribution in [2.24, 2.45) is 0 Å². The number of methoxy groups -OCH3 is 1. The summed E-state index contributed by atoms with van der Waals surface area (Å²) in [7, 11) is 1.62. The van der Waals surface area contributed by atoms with E-state index in [1.807, 2.05) is 24.3 Å². The van der Waals surface area contributed by atoms with Gasteiger partial charge in [-0.3, -0.25) is 10.1 Å². The van der Waals surface area contributed by atoms with Crippen molar-refractivity contribution in [3.8, 4) is 11.5 Å². The van der Waals surface area contributed by atoms with E-state index in [0.717, 1.165) is 44.9 Å². The first-order valence-electron chi connectivity index (χ1n) is 8.93. The Labute approximate surface area is 163 Å². The second-order valence-corrected chi connectivity index (χ2v) is 6.68. The minimum Gasteiger partial charge on any atom is -0.497 e. The number of benzene rings is 3. The molecule has 0 unspecified atom stereocenters. The monoisotopic (exact) mass is 373 g/mol. The Hall–Kier alpha value is -3.60. The molecule has 1 aliphatic heterocycles. The van der Waals surface area contributed by atoms with Gasteiger partial charge < -0.3 is 9.47 Å². The van der Waals surface area contributed by atoms with E-state index < -0.39 is 0 Å². The molecule has 0 N–H and O–H groups in total. The lowest BCUT2D eigenvalue weighted by molar-refractivity contribution is -0.384. The minimum atomic E-state index is -0.386. The molecule has 0 atom stereocenters. The number of nitro benzene ring substituents is 1. The number of nitro groups is 1. The Morgan fingerprint density at radius 3 is 2.46 bits per heavy atom. The highest BCUT2D eigenvalue weighted by Crippen LogP contribution is 2.42. The Morgan fingerprint density at radius 2 is 1.79 bits per heavy atom. The van der Waals surface area contributed by atoms with Crippen molar-refractivity contribution in [3.05, 3.63) is 99.1 Å². The van der Waals surface area contributed by atoms with Crippen LogP contribution < -0.4 is 9.47 Å². The standard InChI is InChI=1S/C23H19NO4/c1-15-4-3-5-17(12-15)21-14-28-22-13-19(27-2)10-11-20(22)23(21)16-6-8-18(9-7-16)24(25)26/h3-13H,14H2,1-2H3. The highest BCUT2D eigenvalue weighted by molar-refractivity contribution is 6.01. The Morgan fingerprint density at radius 1 is 1.00 bits per heavy atom. The van der Waals surface area contributed by atoms with Crippen LogP contribution in [0, 0.1) is 17.0 Å². The van der Waals surface area contributed by atoms with Crippen LogP contribution in [0.4, 0.5) is 5.69 Å². The van der Waals surface area contributed by atoms with E-state index in [9.17, 15) is 10.1 Å². The lowest BCUT2D eigenvalue weighted by Crippen LogP contribution is -2.12. The van der Waals surface area contributed by atoms with Gasteiger partial charge in [0.15, 0.2) is 0 Å². The van der Waals surface area contributed by atoms with Crippen molar-refractivity contribution in [2.75, 3.05) is 13.7 Å². The molecule has 4 rings (SSSR count). The van der Waals surface area contributed by atoms with E-state index in [1.54, 1.807) is 19.2 Å². The number of rotatable bonds is 4. The van der Waals surface area contributed by atoms with Crippen molar-refractivity contribution < 1.29 is 14.4 Å². The summed E-state index contributed by atoms with van der Waals surface area (Å²) in [6, 6.07) is 20.7. The third-order valence-electron chi connectivity index (χ3n) is 4.87. The van der Waals surface area contributed by atoms with Crippen molar-refractivity contribution in [1.82, 2.24) is 0 Å². The van der Waals surface area contributed by atoms with Crippen LogP contribution in [0.3, 0.4) is 0 Å². The van der Waals surface area contributed by atoms with Gasteiger partial charge in [0.25, 0.3) is 5.69 Å². The number of ether oxygens (including phenoxy) is 2. The van der Waals surface area contributed by atoms with Gasteiger partial charge >= 0.3 is 0 Å². The molecule has 0 saturated heterocycles.